The van der Waals surface area contributed by atoms with Crippen molar-refractivity contribution in [2.75, 3.05) is 0 Å². The lowest BCUT2D eigenvalue weighted by atomic mass is 9.84. The highest BCUT2D eigenvalue weighted by Crippen LogP contribution is 2.77. The number of halogens is 6. The highest BCUT2D eigenvalue weighted by Gasteiger charge is 2.88. The third kappa shape index (κ3) is 3.55. The van der Waals surface area contributed by atoms with E-state index in [-0.39, 0.29) is 26.9 Å². The first kappa shape index (κ1) is 29.1. The zero-order valence-corrected chi connectivity index (χ0v) is 24.5. The fourth-order valence-corrected chi connectivity index (χ4v) is 8.37. The molecule has 5 rings (SSSR count). The SMILES string of the molecule is C[C@H](C(=O)c1ccccc1)N(C(=O)c1ccc([N+](=O)[O-])cc1)N1C(=O)[C@@H]2[C@H](C1=O)[C@@]1(Cl)C(Cl)=C(Cl)[C@@]2(Cl)C1(Cl)Cl. The molecular formula is C25H15Cl6N3O6. The van der Waals surface area contributed by atoms with E-state index in [2.05, 4.69) is 0 Å². The van der Waals surface area contributed by atoms with Crippen molar-refractivity contribution < 1.29 is 24.1 Å². The highest BCUT2D eigenvalue weighted by atomic mass is 35.5. The van der Waals surface area contributed by atoms with Gasteiger partial charge in [0.1, 0.15) is 15.8 Å². The topological polar surface area (TPSA) is 118 Å². The molecule has 2 aromatic carbocycles. The van der Waals surface area contributed by atoms with Gasteiger partial charge in [-0.05, 0) is 19.1 Å². The van der Waals surface area contributed by atoms with Crippen LogP contribution in [0, 0.1) is 22.0 Å². The third-order valence-electron chi connectivity index (χ3n) is 7.44. The molecule has 208 valence electrons. The van der Waals surface area contributed by atoms with Crippen LogP contribution in [0.2, 0.25) is 0 Å². The fraction of sp³-hybridized carbons (Fsp3) is 0.280. The van der Waals surface area contributed by atoms with Gasteiger partial charge in [-0.1, -0.05) is 76.7 Å². The van der Waals surface area contributed by atoms with Crippen molar-refractivity contribution in [1.29, 1.82) is 0 Å². The second-order valence-corrected chi connectivity index (χ2v) is 12.7. The van der Waals surface area contributed by atoms with Crippen molar-refractivity contribution in [2.45, 2.75) is 27.0 Å². The van der Waals surface area contributed by atoms with Crippen LogP contribution in [0.25, 0.3) is 0 Å². The van der Waals surface area contributed by atoms with Gasteiger partial charge in [-0.15, -0.1) is 23.2 Å². The molecule has 2 bridgehead atoms. The first-order valence-corrected chi connectivity index (χ1v) is 13.8. The Bertz CT molecular complexity index is 1490. The molecular weight excluding hydrogens is 651 g/mol. The van der Waals surface area contributed by atoms with Crippen molar-refractivity contribution in [3.8, 4) is 0 Å². The van der Waals surface area contributed by atoms with Gasteiger partial charge in [0, 0.05) is 23.3 Å². The number of carbonyl (C=O) groups is 4. The molecule has 2 aromatic rings. The van der Waals surface area contributed by atoms with Gasteiger partial charge in [0.25, 0.3) is 23.4 Å². The molecule has 0 aromatic heterocycles. The summed E-state index contributed by atoms with van der Waals surface area (Å²) in [5.41, 5.74) is -0.273. The average molecular weight is 666 g/mol. The predicted molar refractivity (Wildman–Crippen MR) is 149 cm³/mol. The fourth-order valence-electron chi connectivity index (χ4n) is 5.45. The Kier molecular flexibility index (Phi) is 6.97. The number of hydrogen-bond donors (Lipinski definition) is 0. The number of nitro groups is 1. The molecule has 40 heavy (non-hydrogen) atoms. The number of alkyl halides is 4. The minimum Gasteiger partial charge on any atom is -0.292 e. The summed E-state index contributed by atoms with van der Waals surface area (Å²) in [5.74, 6) is -6.77. The van der Waals surface area contributed by atoms with Crippen molar-refractivity contribution in [3.05, 3.63) is 85.9 Å². The maximum Gasteiger partial charge on any atom is 0.273 e. The number of amides is 3. The number of Topliss-reactive ketones (excluding diaryl/α,β-unsaturated/α-hetero) is 1. The zero-order valence-electron chi connectivity index (χ0n) is 20.0. The second kappa shape index (κ2) is 9.58. The summed E-state index contributed by atoms with van der Waals surface area (Å²) in [6, 6.07) is 10.8. The number of fused-ring (bicyclic) bond motifs is 5. The van der Waals surface area contributed by atoms with E-state index >= 15 is 0 Å². The normalized spacial score (nSPS) is 29.0. The lowest BCUT2D eigenvalue weighted by Crippen LogP contribution is -2.59. The van der Waals surface area contributed by atoms with E-state index in [1.807, 2.05) is 0 Å². The molecule has 9 nitrogen and oxygen atoms in total. The summed E-state index contributed by atoms with van der Waals surface area (Å²) in [6.07, 6.45) is 0. The van der Waals surface area contributed by atoms with Gasteiger partial charge in [0.2, 0.25) is 0 Å². The molecule has 2 fully saturated rings. The molecule has 15 heteroatoms. The number of rotatable bonds is 6. The molecule has 2 aliphatic carbocycles. The Morgan fingerprint density at radius 3 is 1.80 bits per heavy atom. The average Bonchev–Trinajstić information content (AvgIpc) is 3.32. The van der Waals surface area contributed by atoms with E-state index in [1.54, 1.807) is 18.2 Å². The van der Waals surface area contributed by atoms with E-state index in [0.717, 1.165) is 24.3 Å². The Labute approximate surface area is 256 Å². The molecule has 0 N–H and O–H groups in total. The third-order valence-corrected chi connectivity index (χ3v) is 11.7. The standard InChI is InChI=1S/C25H15Cl6N3O6/c1-11(17(35)12-5-3-2-4-6-12)32(20(36)13-7-9-14(10-8-13)34(39)40)33-21(37)15-16(22(33)38)24(29)19(27)18(26)23(15,28)25(24,30)31/h2-11,15-16H,1H3/t11-,15-,16+,23-,24-/m1/s1. The zero-order chi connectivity index (χ0) is 29.5. The molecule has 1 saturated carbocycles. The smallest absolute Gasteiger partial charge is 0.273 e. The van der Waals surface area contributed by atoms with Gasteiger partial charge in [-0.3, -0.25) is 29.3 Å². The van der Waals surface area contributed by atoms with Crippen molar-refractivity contribution in [3.63, 3.8) is 0 Å². The number of allylic oxidation sites excluding steroid dienone is 2. The highest BCUT2D eigenvalue weighted by molar-refractivity contribution is 6.66. The van der Waals surface area contributed by atoms with Crippen LogP contribution in [0.4, 0.5) is 5.69 Å². The summed E-state index contributed by atoms with van der Waals surface area (Å²) in [5, 5.41) is 11.6. The molecule has 0 spiro atoms. The Morgan fingerprint density at radius 1 is 0.875 bits per heavy atom. The summed E-state index contributed by atoms with van der Waals surface area (Å²) < 4.78 is -2.19. The number of nitro benzene ring substituents is 1. The largest absolute Gasteiger partial charge is 0.292 e. The summed E-state index contributed by atoms with van der Waals surface area (Å²) in [4.78, 5) is 61.5. The van der Waals surface area contributed by atoms with Crippen LogP contribution in [0.1, 0.15) is 27.6 Å². The maximum absolute atomic E-state index is 14.0. The van der Waals surface area contributed by atoms with Gasteiger partial charge < -0.3 is 0 Å². The lowest BCUT2D eigenvalue weighted by Gasteiger charge is -2.38. The molecule has 0 radical (unpaired) electrons. The quantitative estimate of drug-likeness (QED) is 0.129. The Hall–Kier alpha value is -2.40. The summed E-state index contributed by atoms with van der Waals surface area (Å²) in [7, 11) is 0. The molecule has 5 atom stereocenters. The number of nitrogens with zero attached hydrogens (tertiary/aromatic N) is 3. The van der Waals surface area contributed by atoms with E-state index in [9.17, 15) is 29.3 Å². The van der Waals surface area contributed by atoms with Crippen LogP contribution >= 0.6 is 69.6 Å². The van der Waals surface area contributed by atoms with Crippen molar-refractivity contribution in [1.82, 2.24) is 10.0 Å². The molecule has 1 saturated heterocycles. The molecule has 1 aliphatic heterocycles. The number of carbonyl (C=O) groups excluding carboxylic acids is 4. The first-order chi connectivity index (χ1) is 18.6. The van der Waals surface area contributed by atoms with Gasteiger partial charge in [-0.2, -0.15) is 5.01 Å². The number of non-ortho nitro benzene ring substituents is 1. The second-order valence-electron chi connectivity index (χ2n) is 9.43. The van der Waals surface area contributed by atoms with Gasteiger partial charge >= 0.3 is 0 Å². The minimum absolute atomic E-state index is 0.154. The van der Waals surface area contributed by atoms with Crippen LogP contribution < -0.4 is 0 Å². The van der Waals surface area contributed by atoms with Crippen LogP contribution in [0.3, 0.4) is 0 Å². The van der Waals surface area contributed by atoms with Crippen molar-refractivity contribution >= 4 is 98.8 Å². The van der Waals surface area contributed by atoms with E-state index in [0.29, 0.717) is 10.0 Å². The Balaban J connectivity index is 1.63. The Morgan fingerprint density at radius 2 is 1.35 bits per heavy atom. The van der Waals surface area contributed by atoms with Gasteiger partial charge in [0.05, 0.1) is 26.8 Å². The van der Waals surface area contributed by atoms with Crippen LogP contribution in [0.5, 0.6) is 0 Å². The van der Waals surface area contributed by atoms with E-state index in [4.69, 9.17) is 69.6 Å². The van der Waals surface area contributed by atoms with Crippen LogP contribution in [-0.4, -0.2) is 58.6 Å². The number of imide groups is 1. The molecule has 3 aliphatic rings. The number of ketones is 1. The maximum atomic E-state index is 14.0. The van der Waals surface area contributed by atoms with Gasteiger partial charge in [0.15, 0.2) is 10.1 Å². The van der Waals surface area contributed by atoms with E-state index < -0.39 is 60.4 Å². The number of hydrazine groups is 1. The van der Waals surface area contributed by atoms with E-state index in [1.165, 1.54) is 19.1 Å². The predicted octanol–water partition coefficient (Wildman–Crippen LogP) is 5.67. The van der Waals surface area contributed by atoms with Crippen molar-refractivity contribution in [2.24, 2.45) is 11.8 Å². The van der Waals surface area contributed by atoms with Crippen LogP contribution in [0.15, 0.2) is 64.7 Å². The monoisotopic (exact) mass is 663 g/mol. The van der Waals surface area contributed by atoms with Crippen LogP contribution in [-0.2, 0) is 9.59 Å². The summed E-state index contributed by atoms with van der Waals surface area (Å²) in [6.45, 7) is 1.32. The first-order valence-electron chi connectivity index (χ1n) is 11.5. The van der Waals surface area contributed by atoms with Gasteiger partial charge in [-0.25, -0.2) is 5.01 Å². The molecule has 1 heterocycles. The lowest BCUT2D eigenvalue weighted by molar-refractivity contribution is -0.384. The molecule has 3 amide bonds. The number of benzene rings is 2. The number of hydrogen-bond acceptors (Lipinski definition) is 6. The summed E-state index contributed by atoms with van der Waals surface area (Å²) >= 11 is 39.4. The minimum atomic E-state index is -2.19. The molecule has 0 unspecified atom stereocenters.